The van der Waals surface area contributed by atoms with Gasteiger partial charge in [-0.15, -0.1) is 0 Å². The van der Waals surface area contributed by atoms with Crippen molar-refractivity contribution in [1.29, 1.82) is 0 Å². The smallest absolute Gasteiger partial charge is 0.166 e. The Labute approximate surface area is 156 Å². The van der Waals surface area contributed by atoms with E-state index in [0.29, 0.717) is 17.9 Å². The number of hydrogen-bond acceptors (Lipinski definition) is 2. The van der Waals surface area contributed by atoms with Crippen LogP contribution in [0.4, 0.5) is 0 Å². The average Bonchev–Trinajstić information content (AvgIpc) is 2.68. The summed E-state index contributed by atoms with van der Waals surface area (Å²) in [6, 6.07) is 19.7. The Morgan fingerprint density at radius 1 is 1.00 bits per heavy atom. The lowest BCUT2D eigenvalue weighted by Gasteiger charge is -2.48. The molecule has 0 N–H and O–H groups in total. The summed E-state index contributed by atoms with van der Waals surface area (Å²) in [5, 5.41) is 0. The van der Waals surface area contributed by atoms with E-state index in [1.165, 1.54) is 24.8 Å². The second-order valence-electron chi connectivity index (χ2n) is 7.72. The molecule has 2 atom stereocenters. The maximum atomic E-state index is 13.2. The molecule has 0 spiro atoms. The SMILES string of the molecule is C=Cc1ccccc1C(=O)C1CC2CCCC(C1)N2Cc1ccccc1. The van der Waals surface area contributed by atoms with Crippen LogP contribution in [-0.2, 0) is 6.54 Å². The van der Waals surface area contributed by atoms with Crippen molar-refractivity contribution >= 4 is 11.9 Å². The Bertz CT molecular complexity index is 768. The molecule has 2 bridgehead atoms. The quantitative estimate of drug-likeness (QED) is 0.681. The predicted molar refractivity (Wildman–Crippen MR) is 107 cm³/mol. The third-order valence-corrected chi connectivity index (χ3v) is 6.15. The molecule has 0 amide bonds. The van der Waals surface area contributed by atoms with Crippen LogP contribution < -0.4 is 0 Å². The zero-order valence-electron chi connectivity index (χ0n) is 15.3. The Kier molecular flexibility index (Phi) is 5.03. The number of piperidine rings is 2. The average molecular weight is 345 g/mol. The summed E-state index contributed by atoms with van der Waals surface area (Å²) in [6.07, 6.45) is 7.52. The maximum Gasteiger partial charge on any atom is 0.166 e. The van der Waals surface area contributed by atoms with Gasteiger partial charge < -0.3 is 0 Å². The molecule has 2 aromatic carbocycles. The molecular weight excluding hydrogens is 318 g/mol. The molecule has 2 fully saturated rings. The molecule has 4 rings (SSSR count). The van der Waals surface area contributed by atoms with Crippen molar-refractivity contribution in [3.05, 3.63) is 77.9 Å². The van der Waals surface area contributed by atoms with Gasteiger partial charge in [0.15, 0.2) is 5.78 Å². The van der Waals surface area contributed by atoms with Crippen molar-refractivity contribution in [3.8, 4) is 0 Å². The van der Waals surface area contributed by atoms with Crippen LogP contribution in [0.1, 0.15) is 53.6 Å². The van der Waals surface area contributed by atoms with Crippen LogP contribution >= 0.6 is 0 Å². The summed E-state index contributed by atoms with van der Waals surface area (Å²) >= 11 is 0. The Morgan fingerprint density at radius 3 is 2.35 bits per heavy atom. The summed E-state index contributed by atoms with van der Waals surface area (Å²) in [5.41, 5.74) is 3.20. The van der Waals surface area contributed by atoms with Crippen molar-refractivity contribution in [1.82, 2.24) is 4.90 Å². The number of carbonyl (C=O) groups excluding carboxylic acids is 1. The first-order valence-electron chi connectivity index (χ1n) is 9.81. The minimum absolute atomic E-state index is 0.151. The predicted octanol–water partition coefficient (Wildman–Crippen LogP) is 5.35. The van der Waals surface area contributed by atoms with E-state index in [9.17, 15) is 4.79 Å². The highest BCUT2D eigenvalue weighted by Crippen LogP contribution is 2.39. The van der Waals surface area contributed by atoms with Gasteiger partial charge in [-0.25, -0.2) is 0 Å². The zero-order chi connectivity index (χ0) is 17.9. The highest BCUT2D eigenvalue weighted by molar-refractivity contribution is 6.01. The van der Waals surface area contributed by atoms with Gasteiger partial charge in [-0.1, -0.05) is 73.7 Å². The fraction of sp³-hybridized carbons (Fsp3) is 0.375. The van der Waals surface area contributed by atoms with E-state index in [4.69, 9.17) is 0 Å². The summed E-state index contributed by atoms with van der Waals surface area (Å²) in [5.74, 6) is 0.468. The number of benzene rings is 2. The lowest BCUT2D eigenvalue weighted by atomic mass is 9.75. The van der Waals surface area contributed by atoms with Crippen molar-refractivity contribution < 1.29 is 4.79 Å². The second-order valence-corrected chi connectivity index (χ2v) is 7.72. The Hall–Kier alpha value is -2.19. The Morgan fingerprint density at radius 2 is 1.65 bits per heavy atom. The number of ketones is 1. The molecule has 0 saturated carbocycles. The van der Waals surface area contributed by atoms with Gasteiger partial charge in [-0.3, -0.25) is 9.69 Å². The molecule has 0 radical (unpaired) electrons. The molecule has 2 unspecified atom stereocenters. The molecule has 0 aromatic heterocycles. The fourth-order valence-electron chi connectivity index (χ4n) is 4.86. The molecule has 0 aliphatic carbocycles. The van der Waals surface area contributed by atoms with E-state index < -0.39 is 0 Å². The zero-order valence-corrected chi connectivity index (χ0v) is 15.3. The van der Waals surface area contributed by atoms with E-state index in [0.717, 1.165) is 30.5 Å². The molecule has 2 heterocycles. The summed E-state index contributed by atoms with van der Waals surface area (Å²) in [7, 11) is 0. The molecule has 2 saturated heterocycles. The minimum atomic E-state index is 0.151. The van der Waals surface area contributed by atoms with Gasteiger partial charge in [-0.2, -0.15) is 0 Å². The molecule has 2 aromatic rings. The summed E-state index contributed by atoms with van der Waals surface area (Å²) < 4.78 is 0. The van der Waals surface area contributed by atoms with E-state index in [1.807, 2.05) is 24.3 Å². The van der Waals surface area contributed by atoms with Crippen LogP contribution in [0.15, 0.2) is 61.2 Å². The molecular formula is C24H27NO. The van der Waals surface area contributed by atoms with E-state index in [2.05, 4.69) is 41.8 Å². The van der Waals surface area contributed by atoms with Crippen LogP contribution in [0.2, 0.25) is 0 Å². The summed E-state index contributed by atoms with van der Waals surface area (Å²) in [6.45, 7) is 4.89. The monoisotopic (exact) mass is 345 g/mol. The van der Waals surface area contributed by atoms with Gasteiger partial charge in [0.25, 0.3) is 0 Å². The van der Waals surface area contributed by atoms with Gasteiger partial charge in [0.05, 0.1) is 0 Å². The van der Waals surface area contributed by atoms with E-state index in [1.54, 1.807) is 6.08 Å². The van der Waals surface area contributed by atoms with Crippen LogP contribution in [-0.4, -0.2) is 22.8 Å². The summed E-state index contributed by atoms with van der Waals surface area (Å²) in [4.78, 5) is 15.9. The first-order valence-corrected chi connectivity index (χ1v) is 9.81. The van der Waals surface area contributed by atoms with E-state index in [-0.39, 0.29) is 5.92 Å². The van der Waals surface area contributed by atoms with Crippen molar-refractivity contribution in [2.24, 2.45) is 5.92 Å². The standard InChI is InChI=1S/C24H27NO/c1-2-19-11-6-7-14-23(19)24(26)20-15-21-12-8-13-22(16-20)25(21)17-18-9-4-3-5-10-18/h2-7,9-11,14,20-22H,1,8,12-13,15-17H2. The van der Waals surface area contributed by atoms with Crippen LogP contribution in [0.3, 0.4) is 0 Å². The second kappa shape index (κ2) is 7.59. The van der Waals surface area contributed by atoms with Crippen LogP contribution in [0.5, 0.6) is 0 Å². The van der Waals surface area contributed by atoms with Gasteiger partial charge >= 0.3 is 0 Å². The normalized spacial score (nSPS) is 25.6. The van der Waals surface area contributed by atoms with Crippen molar-refractivity contribution in [3.63, 3.8) is 0 Å². The van der Waals surface area contributed by atoms with Gasteiger partial charge in [0.2, 0.25) is 0 Å². The van der Waals surface area contributed by atoms with Crippen molar-refractivity contribution in [2.75, 3.05) is 0 Å². The van der Waals surface area contributed by atoms with Gasteiger partial charge in [-0.05, 0) is 36.8 Å². The first-order chi connectivity index (χ1) is 12.8. The minimum Gasteiger partial charge on any atom is -0.294 e. The number of rotatable bonds is 5. The van der Waals surface area contributed by atoms with Crippen molar-refractivity contribution in [2.45, 2.75) is 50.7 Å². The first kappa shape index (κ1) is 17.2. The Balaban J connectivity index is 1.52. The largest absolute Gasteiger partial charge is 0.294 e. The van der Waals surface area contributed by atoms with E-state index >= 15 is 0 Å². The number of hydrogen-bond donors (Lipinski definition) is 0. The van der Waals surface area contributed by atoms with Crippen LogP contribution in [0, 0.1) is 5.92 Å². The van der Waals surface area contributed by atoms with Crippen LogP contribution in [0.25, 0.3) is 6.08 Å². The molecule has 26 heavy (non-hydrogen) atoms. The maximum absolute atomic E-state index is 13.2. The highest BCUT2D eigenvalue weighted by Gasteiger charge is 2.40. The topological polar surface area (TPSA) is 20.3 Å². The number of fused-ring (bicyclic) bond motifs is 2. The van der Waals surface area contributed by atoms with Gasteiger partial charge in [0.1, 0.15) is 0 Å². The highest BCUT2D eigenvalue weighted by atomic mass is 16.1. The number of Topliss-reactive ketones (excluding diaryl/α,β-unsaturated/α-hetero) is 1. The van der Waals surface area contributed by atoms with Gasteiger partial charge in [0, 0.05) is 30.1 Å². The lowest BCUT2D eigenvalue weighted by Crippen LogP contribution is -2.52. The molecule has 2 aliphatic heterocycles. The molecule has 2 heteroatoms. The third kappa shape index (κ3) is 3.39. The molecule has 134 valence electrons. The third-order valence-electron chi connectivity index (χ3n) is 6.15. The molecule has 2 nitrogen and oxygen atoms in total. The number of nitrogens with zero attached hydrogens (tertiary/aromatic N) is 1. The number of carbonyl (C=O) groups is 1. The fourth-order valence-corrected chi connectivity index (χ4v) is 4.86. The lowest BCUT2D eigenvalue weighted by molar-refractivity contribution is 0.00906. The molecule has 2 aliphatic rings.